The molecule has 0 aliphatic rings. The zero-order valence-corrected chi connectivity index (χ0v) is 8.38. The highest BCUT2D eigenvalue weighted by molar-refractivity contribution is 7.83. The van der Waals surface area contributed by atoms with E-state index >= 15 is 0 Å². The lowest BCUT2D eigenvalue weighted by Gasteiger charge is -1.96. The number of hydrogen-bond donors (Lipinski definition) is 2. The number of benzene rings is 1. The second-order valence-corrected chi connectivity index (χ2v) is 4.55. The Kier molecular flexibility index (Phi) is 1.77. The van der Waals surface area contributed by atoms with Crippen LogP contribution in [0.25, 0.3) is 10.1 Å². The molecule has 0 aliphatic carbocycles. The van der Waals surface area contributed by atoms with E-state index in [4.69, 9.17) is 5.73 Å². The molecule has 0 atom stereocenters. The Bertz CT molecular complexity index is 431. The minimum absolute atomic E-state index is 0.849. The number of anilines is 1. The van der Waals surface area contributed by atoms with Crippen LogP contribution in [0.4, 0.5) is 5.69 Å². The van der Waals surface area contributed by atoms with Crippen LogP contribution < -0.4 is 5.73 Å². The number of nitrogens with two attached hydrogens (primary N) is 1. The van der Waals surface area contributed by atoms with Crippen LogP contribution in [0.5, 0.6) is 0 Å². The van der Waals surface area contributed by atoms with Gasteiger partial charge in [0.25, 0.3) is 0 Å². The molecule has 62 valence electrons. The Morgan fingerprint density at radius 3 is 2.83 bits per heavy atom. The summed E-state index contributed by atoms with van der Waals surface area (Å²) in [5, 5.41) is 1.16. The monoisotopic (exact) mass is 195 g/mol. The molecule has 0 radical (unpaired) electrons. The van der Waals surface area contributed by atoms with Gasteiger partial charge in [0, 0.05) is 15.8 Å². The first-order valence-electron chi connectivity index (χ1n) is 3.66. The molecule has 0 amide bonds. The van der Waals surface area contributed by atoms with E-state index in [0.29, 0.717) is 0 Å². The number of thiol groups is 1. The largest absolute Gasteiger partial charge is 0.398 e. The van der Waals surface area contributed by atoms with Crippen molar-refractivity contribution in [3.05, 3.63) is 23.8 Å². The summed E-state index contributed by atoms with van der Waals surface area (Å²) in [6.45, 7) is 2.05. The summed E-state index contributed by atoms with van der Waals surface area (Å²) >= 11 is 6.04. The molecule has 12 heavy (non-hydrogen) atoms. The van der Waals surface area contributed by atoms with Gasteiger partial charge in [0.15, 0.2) is 0 Å². The first-order chi connectivity index (χ1) is 5.70. The van der Waals surface area contributed by atoms with E-state index in [1.807, 2.05) is 12.1 Å². The molecule has 0 spiro atoms. The van der Waals surface area contributed by atoms with Crippen LogP contribution in [0.3, 0.4) is 0 Å². The highest BCUT2D eigenvalue weighted by Gasteiger charge is 2.06. The lowest BCUT2D eigenvalue weighted by molar-refractivity contribution is 1.47. The molecule has 0 saturated heterocycles. The van der Waals surface area contributed by atoms with Crippen LogP contribution >= 0.6 is 24.0 Å². The Morgan fingerprint density at radius 1 is 1.42 bits per heavy atom. The summed E-state index contributed by atoms with van der Waals surface area (Å²) in [5.41, 5.74) is 7.88. The fourth-order valence-corrected chi connectivity index (χ4v) is 2.71. The average Bonchev–Trinajstić information content (AvgIpc) is 2.29. The summed E-state index contributed by atoms with van der Waals surface area (Å²) in [4.78, 5) is 0. The minimum Gasteiger partial charge on any atom is -0.398 e. The van der Waals surface area contributed by atoms with Crippen LogP contribution in [0, 0.1) is 6.92 Å². The van der Waals surface area contributed by atoms with Gasteiger partial charge < -0.3 is 5.73 Å². The van der Waals surface area contributed by atoms with Crippen LogP contribution in [-0.4, -0.2) is 0 Å². The molecule has 1 nitrogen and oxygen atoms in total. The van der Waals surface area contributed by atoms with Crippen molar-refractivity contribution in [3.63, 3.8) is 0 Å². The first kappa shape index (κ1) is 7.95. The van der Waals surface area contributed by atoms with E-state index in [0.717, 1.165) is 15.3 Å². The molecular formula is C9H9NS2. The van der Waals surface area contributed by atoms with Gasteiger partial charge in [-0.15, -0.1) is 24.0 Å². The molecule has 0 saturated carbocycles. The van der Waals surface area contributed by atoms with Crippen LogP contribution in [-0.2, 0) is 0 Å². The molecule has 1 aromatic heterocycles. The number of aryl methyl sites for hydroxylation is 1. The second-order valence-electron chi connectivity index (χ2n) is 2.75. The molecule has 1 aromatic carbocycles. The van der Waals surface area contributed by atoms with Crippen LogP contribution in [0.1, 0.15) is 5.56 Å². The van der Waals surface area contributed by atoms with Crippen molar-refractivity contribution in [1.29, 1.82) is 0 Å². The number of nitrogen functional groups attached to an aromatic ring is 1. The van der Waals surface area contributed by atoms with E-state index in [2.05, 4.69) is 25.6 Å². The third-order valence-corrected chi connectivity index (χ3v) is 3.63. The lowest BCUT2D eigenvalue weighted by Crippen LogP contribution is -1.84. The van der Waals surface area contributed by atoms with E-state index < -0.39 is 0 Å². The van der Waals surface area contributed by atoms with Gasteiger partial charge in [-0.3, -0.25) is 0 Å². The smallest absolute Gasteiger partial charge is 0.0610 e. The van der Waals surface area contributed by atoms with Crippen molar-refractivity contribution in [1.82, 2.24) is 0 Å². The second kappa shape index (κ2) is 2.68. The van der Waals surface area contributed by atoms with Gasteiger partial charge >= 0.3 is 0 Å². The standard InChI is InChI=1S/C9H9NS2/c1-5-8-6(10)3-2-4-7(8)12-9(5)11/h2-4,11H,10H2,1H3. The molecular weight excluding hydrogens is 186 g/mol. The molecule has 0 unspecified atom stereocenters. The molecule has 2 aromatic rings. The Hall–Kier alpha value is -0.670. The summed E-state index contributed by atoms with van der Waals surface area (Å²) in [6, 6.07) is 5.97. The number of fused-ring (bicyclic) bond motifs is 1. The third kappa shape index (κ3) is 1.01. The zero-order valence-electron chi connectivity index (χ0n) is 6.66. The third-order valence-electron chi connectivity index (χ3n) is 1.96. The molecule has 0 aliphatic heterocycles. The van der Waals surface area contributed by atoms with Gasteiger partial charge in [-0.1, -0.05) is 6.07 Å². The van der Waals surface area contributed by atoms with Crippen molar-refractivity contribution < 1.29 is 0 Å². The predicted octanol–water partition coefficient (Wildman–Crippen LogP) is 3.08. The van der Waals surface area contributed by atoms with Crippen molar-refractivity contribution in [3.8, 4) is 0 Å². The quantitative estimate of drug-likeness (QED) is 0.490. The lowest BCUT2D eigenvalue weighted by atomic mass is 10.1. The summed E-state index contributed by atoms with van der Waals surface area (Å²) < 4.78 is 2.28. The van der Waals surface area contributed by atoms with Gasteiger partial charge in [-0.2, -0.15) is 0 Å². The molecule has 2 rings (SSSR count). The molecule has 1 heterocycles. The number of rotatable bonds is 0. The van der Waals surface area contributed by atoms with E-state index in [1.165, 1.54) is 10.3 Å². The minimum atomic E-state index is 0.849. The fraction of sp³-hybridized carbons (Fsp3) is 0.111. The molecule has 3 heteroatoms. The van der Waals surface area contributed by atoms with Crippen LogP contribution in [0.2, 0.25) is 0 Å². The van der Waals surface area contributed by atoms with Gasteiger partial charge in [0.05, 0.1) is 4.21 Å². The zero-order chi connectivity index (χ0) is 8.72. The topological polar surface area (TPSA) is 26.0 Å². The maximum atomic E-state index is 5.84. The first-order valence-corrected chi connectivity index (χ1v) is 4.93. The Morgan fingerprint density at radius 2 is 2.17 bits per heavy atom. The summed E-state index contributed by atoms with van der Waals surface area (Å²) in [6.07, 6.45) is 0. The SMILES string of the molecule is Cc1c(S)sc2cccc(N)c12. The van der Waals surface area contributed by atoms with Gasteiger partial charge in [0.2, 0.25) is 0 Å². The van der Waals surface area contributed by atoms with E-state index in [-0.39, 0.29) is 0 Å². The maximum Gasteiger partial charge on any atom is 0.0610 e. The van der Waals surface area contributed by atoms with Gasteiger partial charge in [-0.05, 0) is 24.6 Å². The van der Waals surface area contributed by atoms with E-state index in [1.54, 1.807) is 11.3 Å². The summed E-state index contributed by atoms with van der Waals surface area (Å²) in [5.74, 6) is 0. The Balaban J connectivity index is 2.97. The van der Waals surface area contributed by atoms with Gasteiger partial charge in [0.1, 0.15) is 0 Å². The van der Waals surface area contributed by atoms with Gasteiger partial charge in [-0.25, -0.2) is 0 Å². The highest BCUT2D eigenvalue weighted by Crippen LogP contribution is 2.36. The van der Waals surface area contributed by atoms with Crippen molar-refractivity contribution in [2.45, 2.75) is 11.1 Å². The molecule has 0 bridgehead atoms. The average molecular weight is 195 g/mol. The number of hydrogen-bond acceptors (Lipinski definition) is 3. The molecule has 0 fully saturated rings. The van der Waals surface area contributed by atoms with Crippen molar-refractivity contribution in [2.75, 3.05) is 5.73 Å². The van der Waals surface area contributed by atoms with Crippen LogP contribution in [0.15, 0.2) is 22.4 Å². The fourth-order valence-electron chi connectivity index (χ4n) is 1.32. The Labute approximate surface area is 80.6 Å². The highest BCUT2D eigenvalue weighted by atomic mass is 32.2. The molecule has 2 N–H and O–H groups in total. The van der Waals surface area contributed by atoms with E-state index in [9.17, 15) is 0 Å². The maximum absolute atomic E-state index is 5.84. The predicted molar refractivity (Wildman–Crippen MR) is 58.2 cm³/mol. The van der Waals surface area contributed by atoms with Crippen molar-refractivity contribution in [2.24, 2.45) is 0 Å². The van der Waals surface area contributed by atoms with Crippen molar-refractivity contribution >= 4 is 39.7 Å². The normalized spacial score (nSPS) is 10.8. The number of thiophene rings is 1. The summed E-state index contributed by atoms with van der Waals surface area (Å²) in [7, 11) is 0.